The third-order valence-electron chi connectivity index (χ3n) is 4.93. The molecule has 1 fully saturated rings. The van der Waals surface area contributed by atoms with Gasteiger partial charge in [-0.2, -0.15) is 0 Å². The van der Waals surface area contributed by atoms with Gasteiger partial charge in [-0.05, 0) is 49.5 Å². The van der Waals surface area contributed by atoms with E-state index in [2.05, 4.69) is 17.6 Å². The predicted octanol–water partition coefficient (Wildman–Crippen LogP) is 2.74. The largest absolute Gasteiger partial charge is 0.497 e. The monoisotopic (exact) mass is 370 g/mol. The highest BCUT2D eigenvalue weighted by Gasteiger charge is 2.32. The normalized spacial score (nSPS) is 17.2. The van der Waals surface area contributed by atoms with Crippen molar-refractivity contribution in [3.8, 4) is 5.75 Å². The molecule has 0 spiro atoms. The Morgan fingerprint density at radius 3 is 2.68 bits per heavy atom. The van der Waals surface area contributed by atoms with Gasteiger partial charge < -0.3 is 20.1 Å². The summed E-state index contributed by atoms with van der Waals surface area (Å²) < 4.78 is 10.7. The van der Waals surface area contributed by atoms with Gasteiger partial charge in [0.15, 0.2) is 0 Å². The first-order chi connectivity index (χ1) is 11.6. The number of hydrogen-bond acceptors (Lipinski definition) is 4. The first-order valence-corrected chi connectivity index (χ1v) is 8.69. The summed E-state index contributed by atoms with van der Waals surface area (Å²) >= 11 is 0. The molecule has 142 valence electrons. The first kappa shape index (κ1) is 21.7. The Balaban J connectivity index is 0.00000312. The van der Waals surface area contributed by atoms with Crippen LogP contribution in [0.15, 0.2) is 24.3 Å². The van der Waals surface area contributed by atoms with E-state index >= 15 is 0 Å². The second kappa shape index (κ2) is 10.6. The quantitative estimate of drug-likeness (QED) is 0.738. The second-order valence-electron chi connectivity index (χ2n) is 6.84. The summed E-state index contributed by atoms with van der Waals surface area (Å²) in [5.74, 6) is 1.08. The molecule has 1 unspecified atom stereocenters. The molecule has 25 heavy (non-hydrogen) atoms. The molecule has 1 aromatic carbocycles. The Morgan fingerprint density at radius 1 is 1.32 bits per heavy atom. The van der Waals surface area contributed by atoms with Gasteiger partial charge in [-0.3, -0.25) is 4.79 Å². The number of benzene rings is 1. The van der Waals surface area contributed by atoms with Gasteiger partial charge in [0.05, 0.1) is 13.7 Å². The summed E-state index contributed by atoms with van der Waals surface area (Å²) in [6.45, 7) is 5.43. The van der Waals surface area contributed by atoms with Crippen LogP contribution in [0.5, 0.6) is 5.75 Å². The van der Waals surface area contributed by atoms with Crippen molar-refractivity contribution in [3.63, 3.8) is 0 Å². The fourth-order valence-electron chi connectivity index (χ4n) is 3.34. The van der Waals surface area contributed by atoms with Crippen molar-refractivity contribution in [2.45, 2.75) is 32.1 Å². The van der Waals surface area contributed by atoms with Crippen LogP contribution in [0.1, 0.15) is 37.7 Å². The number of amides is 1. The summed E-state index contributed by atoms with van der Waals surface area (Å²) in [5, 5.41) is 6.50. The fraction of sp³-hybridized carbons (Fsp3) is 0.632. The number of carbonyl (C=O) groups excluding carboxylic acids is 1. The molecule has 1 saturated heterocycles. The van der Waals surface area contributed by atoms with Crippen LogP contribution in [-0.4, -0.2) is 46.4 Å². The van der Waals surface area contributed by atoms with E-state index in [1.165, 1.54) is 0 Å². The highest BCUT2D eigenvalue weighted by molar-refractivity contribution is 5.85. The minimum absolute atomic E-state index is 0. The minimum atomic E-state index is 0. The third kappa shape index (κ3) is 6.49. The minimum Gasteiger partial charge on any atom is -0.497 e. The summed E-state index contributed by atoms with van der Waals surface area (Å²) in [5.41, 5.74) is 1.19. The van der Waals surface area contributed by atoms with E-state index in [0.29, 0.717) is 19.6 Å². The summed E-state index contributed by atoms with van der Waals surface area (Å²) in [6.07, 6.45) is 2.55. The Bertz CT molecular complexity index is 528. The zero-order valence-electron chi connectivity index (χ0n) is 15.5. The van der Waals surface area contributed by atoms with Crippen molar-refractivity contribution in [3.05, 3.63) is 29.8 Å². The summed E-state index contributed by atoms with van der Waals surface area (Å²) in [7, 11) is 3.39. The summed E-state index contributed by atoms with van der Waals surface area (Å²) in [6, 6.07) is 7.92. The molecule has 5 nitrogen and oxygen atoms in total. The molecular weight excluding hydrogens is 340 g/mol. The number of methoxy groups -OCH3 is 2. The smallest absolute Gasteiger partial charge is 0.220 e. The van der Waals surface area contributed by atoms with E-state index in [0.717, 1.165) is 37.2 Å². The molecule has 0 radical (unpaired) electrons. The van der Waals surface area contributed by atoms with Crippen molar-refractivity contribution < 1.29 is 14.3 Å². The number of ether oxygens (including phenoxy) is 2. The molecular formula is C19H31ClN2O3. The molecule has 1 aliphatic heterocycles. The molecule has 1 amide bonds. The van der Waals surface area contributed by atoms with Crippen LogP contribution >= 0.6 is 12.4 Å². The molecule has 0 saturated carbocycles. The molecule has 0 aliphatic carbocycles. The maximum absolute atomic E-state index is 12.4. The number of rotatable bonds is 8. The Kier molecular flexibility index (Phi) is 9.25. The topological polar surface area (TPSA) is 59.6 Å². The lowest BCUT2D eigenvalue weighted by Gasteiger charge is -2.37. The SMILES string of the molecule is COCC1(CNC(=O)CC(C)c2cccc(OC)c2)CCNCC1.Cl. The van der Waals surface area contributed by atoms with E-state index in [9.17, 15) is 4.79 Å². The molecule has 1 aromatic rings. The lowest BCUT2D eigenvalue weighted by atomic mass is 9.79. The van der Waals surface area contributed by atoms with Gasteiger partial charge in [0, 0.05) is 25.5 Å². The second-order valence-corrected chi connectivity index (χ2v) is 6.84. The van der Waals surface area contributed by atoms with Gasteiger partial charge in [0.1, 0.15) is 5.75 Å². The van der Waals surface area contributed by atoms with Crippen molar-refractivity contribution in [1.82, 2.24) is 10.6 Å². The van der Waals surface area contributed by atoms with Crippen molar-refractivity contribution in [2.24, 2.45) is 5.41 Å². The van der Waals surface area contributed by atoms with Crippen LogP contribution in [-0.2, 0) is 9.53 Å². The van der Waals surface area contributed by atoms with Gasteiger partial charge in [-0.15, -0.1) is 12.4 Å². The van der Waals surface area contributed by atoms with Gasteiger partial charge in [0.25, 0.3) is 0 Å². The van der Waals surface area contributed by atoms with Gasteiger partial charge in [0.2, 0.25) is 5.91 Å². The molecule has 1 atom stereocenters. The van der Waals surface area contributed by atoms with Crippen LogP contribution in [0, 0.1) is 5.41 Å². The van der Waals surface area contributed by atoms with Crippen molar-refractivity contribution in [2.75, 3.05) is 40.5 Å². The number of halogens is 1. The van der Waals surface area contributed by atoms with Crippen LogP contribution in [0.2, 0.25) is 0 Å². The molecule has 2 N–H and O–H groups in total. The maximum atomic E-state index is 12.4. The zero-order chi connectivity index (χ0) is 17.4. The Hall–Kier alpha value is -1.30. The average molecular weight is 371 g/mol. The fourth-order valence-corrected chi connectivity index (χ4v) is 3.34. The van der Waals surface area contributed by atoms with Crippen LogP contribution in [0.3, 0.4) is 0 Å². The molecule has 0 bridgehead atoms. The Labute approximate surface area is 157 Å². The van der Waals surface area contributed by atoms with Crippen LogP contribution in [0.4, 0.5) is 0 Å². The predicted molar refractivity (Wildman–Crippen MR) is 103 cm³/mol. The number of piperidine rings is 1. The Morgan fingerprint density at radius 2 is 2.04 bits per heavy atom. The highest BCUT2D eigenvalue weighted by atomic mass is 35.5. The van der Waals surface area contributed by atoms with E-state index < -0.39 is 0 Å². The third-order valence-corrected chi connectivity index (χ3v) is 4.93. The number of carbonyl (C=O) groups is 1. The molecule has 2 rings (SSSR count). The first-order valence-electron chi connectivity index (χ1n) is 8.69. The van der Waals surface area contributed by atoms with Crippen molar-refractivity contribution >= 4 is 18.3 Å². The standard InChI is InChI=1S/C19H30N2O3.ClH/c1-15(16-5-4-6-17(12-16)24-3)11-18(22)21-13-19(14-23-2)7-9-20-10-8-19;/h4-6,12,15,20H,7-11,13-14H2,1-3H3,(H,21,22);1H. The van der Waals surface area contributed by atoms with E-state index in [4.69, 9.17) is 9.47 Å². The van der Waals surface area contributed by atoms with E-state index in [1.807, 2.05) is 24.3 Å². The van der Waals surface area contributed by atoms with Gasteiger partial charge >= 0.3 is 0 Å². The lowest BCUT2D eigenvalue weighted by molar-refractivity contribution is -0.122. The van der Waals surface area contributed by atoms with Crippen LogP contribution in [0.25, 0.3) is 0 Å². The number of nitrogens with one attached hydrogen (secondary N) is 2. The van der Waals surface area contributed by atoms with E-state index in [1.54, 1.807) is 14.2 Å². The number of hydrogen-bond donors (Lipinski definition) is 2. The molecule has 6 heteroatoms. The molecule has 0 aromatic heterocycles. The maximum Gasteiger partial charge on any atom is 0.220 e. The lowest BCUT2D eigenvalue weighted by Crippen LogP contribution is -2.47. The molecule has 1 heterocycles. The van der Waals surface area contributed by atoms with Gasteiger partial charge in [-0.25, -0.2) is 0 Å². The van der Waals surface area contributed by atoms with Crippen molar-refractivity contribution in [1.29, 1.82) is 0 Å². The van der Waals surface area contributed by atoms with E-state index in [-0.39, 0.29) is 29.6 Å². The highest BCUT2D eigenvalue weighted by Crippen LogP contribution is 2.28. The summed E-state index contributed by atoms with van der Waals surface area (Å²) in [4.78, 5) is 12.4. The zero-order valence-corrected chi connectivity index (χ0v) is 16.3. The van der Waals surface area contributed by atoms with Gasteiger partial charge in [-0.1, -0.05) is 19.1 Å². The van der Waals surface area contributed by atoms with Crippen LogP contribution < -0.4 is 15.4 Å². The molecule has 1 aliphatic rings. The average Bonchev–Trinajstić information content (AvgIpc) is 2.61.